The van der Waals surface area contributed by atoms with E-state index >= 15 is 0 Å². The Kier molecular flexibility index (Phi) is 4.83. The molecule has 0 saturated carbocycles. The van der Waals surface area contributed by atoms with Crippen LogP contribution in [0.5, 0.6) is 0 Å². The normalized spacial score (nSPS) is 17.7. The number of rotatable bonds is 5. The quantitative estimate of drug-likeness (QED) is 0.889. The molecule has 1 amide bonds. The number of carboxylic acids is 1. The van der Waals surface area contributed by atoms with Crippen molar-refractivity contribution in [2.24, 2.45) is 5.92 Å². The minimum atomic E-state index is -0.785. The summed E-state index contributed by atoms with van der Waals surface area (Å²) in [5, 5.41) is 19.8. The molecule has 2 aromatic rings. The van der Waals surface area contributed by atoms with Crippen molar-refractivity contribution in [1.82, 2.24) is 25.1 Å². The number of aromatic nitrogens is 4. The van der Waals surface area contributed by atoms with Crippen molar-refractivity contribution >= 4 is 11.9 Å². The van der Waals surface area contributed by atoms with Crippen LogP contribution in [0.4, 0.5) is 0 Å². The third-order valence-electron chi connectivity index (χ3n) is 4.28. The number of likely N-dealkylation sites (tertiary alicyclic amines) is 1. The molecule has 8 heteroatoms. The number of piperidine rings is 1. The lowest BCUT2D eigenvalue weighted by Crippen LogP contribution is -2.40. The van der Waals surface area contributed by atoms with Crippen molar-refractivity contribution < 1.29 is 14.7 Å². The van der Waals surface area contributed by atoms with Gasteiger partial charge in [-0.05, 0) is 53.8 Å². The zero-order valence-corrected chi connectivity index (χ0v) is 13.2. The molecule has 1 aliphatic heterocycles. The second kappa shape index (κ2) is 7.20. The zero-order chi connectivity index (χ0) is 16.9. The van der Waals surface area contributed by atoms with E-state index in [1.54, 1.807) is 18.2 Å². The summed E-state index contributed by atoms with van der Waals surface area (Å²) in [5.74, 6) is -0.570. The standard InChI is InChI=1S/C16H19N5O3/c22-15(23)7-6-12-3-2-8-20(10-12)16(24)13-4-1-5-14(9-13)21-11-17-18-19-21/h1,4-5,9,11-12H,2-3,6-8,10H2,(H,22,23)/t12-/m0/s1. The van der Waals surface area contributed by atoms with Gasteiger partial charge in [0.2, 0.25) is 0 Å². The number of carbonyl (C=O) groups is 2. The fraction of sp³-hybridized carbons (Fsp3) is 0.438. The van der Waals surface area contributed by atoms with Crippen molar-refractivity contribution in [1.29, 1.82) is 0 Å². The molecule has 126 valence electrons. The van der Waals surface area contributed by atoms with Gasteiger partial charge in [-0.15, -0.1) is 5.10 Å². The maximum atomic E-state index is 12.8. The number of tetrazole rings is 1. The Hall–Kier alpha value is -2.77. The van der Waals surface area contributed by atoms with Gasteiger partial charge in [0.15, 0.2) is 0 Å². The topological polar surface area (TPSA) is 101 Å². The van der Waals surface area contributed by atoms with Crippen molar-refractivity contribution in [2.75, 3.05) is 13.1 Å². The van der Waals surface area contributed by atoms with E-state index in [9.17, 15) is 9.59 Å². The van der Waals surface area contributed by atoms with Gasteiger partial charge in [0, 0.05) is 25.1 Å². The van der Waals surface area contributed by atoms with Crippen molar-refractivity contribution in [3.63, 3.8) is 0 Å². The van der Waals surface area contributed by atoms with Crippen LogP contribution in [0, 0.1) is 5.92 Å². The molecule has 1 atom stereocenters. The Morgan fingerprint density at radius 1 is 1.33 bits per heavy atom. The van der Waals surface area contributed by atoms with Gasteiger partial charge in [0.05, 0.1) is 5.69 Å². The van der Waals surface area contributed by atoms with Crippen molar-refractivity contribution in [2.45, 2.75) is 25.7 Å². The Bertz CT molecular complexity index is 716. The molecule has 1 aliphatic rings. The first-order valence-electron chi connectivity index (χ1n) is 7.98. The third-order valence-corrected chi connectivity index (χ3v) is 4.28. The van der Waals surface area contributed by atoms with Gasteiger partial charge in [0.25, 0.3) is 5.91 Å². The largest absolute Gasteiger partial charge is 0.481 e. The van der Waals surface area contributed by atoms with Crippen LogP contribution in [0.3, 0.4) is 0 Å². The summed E-state index contributed by atoms with van der Waals surface area (Å²) >= 11 is 0. The molecule has 24 heavy (non-hydrogen) atoms. The molecule has 3 rings (SSSR count). The molecular formula is C16H19N5O3. The molecule has 0 spiro atoms. The van der Waals surface area contributed by atoms with Crippen LogP contribution in [0.2, 0.25) is 0 Å². The van der Waals surface area contributed by atoms with E-state index in [1.165, 1.54) is 11.0 Å². The number of hydrogen-bond donors (Lipinski definition) is 1. The molecule has 0 unspecified atom stereocenters. The Balaban J connectivity index is 1.69. The number of nitrogens with zero attached hydrogens (tertiary/aromatic N) is 5. The Morgan fingerprint density at radius 3 is 2.96 bits per heavy atom. The van der Waals surface area contributed by atoms with E-state index in [1.807, 2.05) is 11.0 Å². The van der Waals surface area contributed by atoms with E-state index in [0.717, 1.165) is 18.5 Å². The van der Waals surface area contributed by atoms with Crippen molar-refractivity contribution in [3.05, 3.63) is 36.2 Å². The van der Waals surface area contributed by atoms with E-state index < -0.39 is 5.97 Å². The maximum absolute atomic E-state index is 12.8. The van der Waals surface area contributed by atoms with Crippen LogP contribution in [-0.2, 0) is 4.79 Å². The molecule has 1 aromatic carbocycles. The molecule has 0 aliphatic carbocycles. The number of amides is 1. The smallest absolute Gasteiger partial charge is 0.303 e. The lowest BCUT2D eigenvalue weighted by atomic mass is 9.93. The van der Waals surface area contributed by atoms with E-state index in [0.29, 0.717) is 25.1 Å². The molecule has 0 radical (unpaired) electrons. The molecule has 1 N–H and O–H groups in total. The maximum Gasteiger partial charge on any atom is 0.303 e. The summed E-state index contributed by atoms with van der Waals surface area (Å²) in [6.07, 6.45) is 4.13. The molecule has 8 nitrogen and oxygen atoms in total. The second-order valence-electron chi connectivity index (χ2n) is 6.00. The van der Waals surface area contributed by atoms with Crippen LogP contribution in [-0.4, -0.2) is 55.2 Å². The van der Waals surface area contributed by atoms with Gasteiger partial charge in [0.1, 0.15) is 6.33 Å². The van der Waals surface area contributed by atoms with Crippen molar-refractivity contribution in [3.8, 4) is 5.69 Å². The average molecular weight is 329 g/mol. The monoisotopic (exact) mass is 329 g/mol. The third kappa shape index (κ3) is 3.76. The average Bonchev–Trinajstić information content (AvgIpc) is 3.14. The minimum Gasteiger partial charge on any atom is -0.481 e. The van der Waals surface area contributed by atoms with Gasteiger partial charge in [-0.2, -0.15) is 0 Å². The molecule has 0 bridgehead atoms. The van der Waals surface area contributed by atoms with E-state index in [4.69, 9.17) is 5.11 Å². The van der Waals surface area contributed by atoms with Gasteiger partial charge >= 0.3 is 5.97 Å². The molecule has 1 aromatic heterocycles. The first kappa shape index (κ1) is 16.1. The number of carboxylic acid groups (broad SMARTS) is 1. The lowest BCUT2D eigenvalue weighted by molar-refractivity contribution is -0.137. The lowest BCUT2D eigenvalue weighted by Gasteiger charge is -2.32. The van der Waals surface area contributed by atoms with Gasteiger partial charge in [-0.3, -0.25) is 9.59 Å². The van der Waals surface area contributed by atoms with Gasteiger partial charge in [-0.25, -0.2) is 4.68 Å². The predicted molar refractivity (Wildman–Crippen MR) is 84.7 cm³/mol. The summed E-state index contributed by atoms with van der Waals surface area (Å²) in [7, 11) is 0. The molecule has 2 heterocycles. The second-order valence-corrected chi connectivity index (χ2v) is 6.00. The highest BCUT2D eigenvalue weighted by molar-refractivity contribution is 5.94. The van der Waals surface area contributed by atoms with Crippen LogP contribution >= 0.6 is 0 Å². The van der Waals surface area contributed by atoms with Gasteiger partial charge in [-0.1, -0.05) is 6.07 Å². The minimum absolute atomic E-state index is 0.0371. The summed E-state index contributed by atoms with van der Waals surface area (Å²) < 4.78 is 1.50. The number of hydrogen-bond acceptors (Lipinski definition) is 5. The highest BCUT2D eigenvalue weighted by atomic mass is 16.4. The fourth-order valence-electron chi connectivity index (χ4n) is 3.06. The Morgan fingerprint density at radius 2 is 2.21 bits per heavy atom. The first-order valence-corrected chi connectivity index (χ1v) is 7.98. The number of carbonyl (C=O) groups excluding carboxylic acids is 1. The zero-order valence-electron chi connectivity index (χ0n) is 13.2. The fourth-order valence-corrected chi connectivity index (χ4v) is 3.06. The highest BCUT2D eigenvalue weighted by Crippen LogP contribution is 2.23. The number of benzene rings is 1. The van der Waals surface area contributed by atoms with Crippen LogP contribution in [0.15, 0.2) is 30.6 Å². The van der Waals surface area contributed by atoms with Crippen LogP contribution in [0.25, 0.3) is 5.69 Å². The van der Waals surface area contributed by atoms with E-state index in [2.05, 4.69) is 15.5 Å². The summed E-state index contributed by atoms with van der Waals surface area (Å²) in [5.41, 5.74) is 1.31. The van der Waals surface area contributed by atoms with Crippen LogP contribution < -0.4 is 0 Å². The first-order chi connectivity index (χ1) is 11.6. The molecule has 1 fully saturated rings. The number of aliphatic carboxylic acids is 1. The summed E-state index contributed by atoms with van der Waals surface area (Å²) in [6, 6.07) is 7.17. The van der Waals surface area contributed by atoms with E-state index in [-0.39, 0.29) is 18.2 Å². The SMILES string of the molecule is O=C(O)CC[C@@H]1CCCN(C(=O)c2cccc(-n3cnnn3)c2)C1. The predicted octanol–water partition coefficient (Wildman–Crippen LogP) is 1.38. The Labute approximate surface area is 139 Å². The summed E-state index contributed by atoms with van der Waals surface area (Å²) in [6.45, 7) is 1.32. The van der Waals surface area contributed by atoms with Gasteiger partial charge < -0.3 is 10.0 Å². The van der Waals surface area contributed by atoms with Crippen LogP contribution in [0.1, 0.15) is 36.0 Å². The summed E-state index contributed by atoms with van der Waals surface area (Å²) in [4.78, 5) is 25.3. The molecule has 1 saturated heterocycles. The highest BCUT2D eigenvalue weighted by Gasteiger charge is 2.25. The molecular weight excluding hydrogens is 310 g/mol.